The lowest BCUT2D eigenvalue weighted by Gasteiger charge is -2.44. The first-order valence-corrected chi connectivity index (χ1v) is 8.99. The van der Waals surface area contributed by atoms with Gasteiger partial charge in [0, 0.05) is 6.54 Å². The normalized spacial score (nSPS) is 25.5. The Kier molecular flexibility index (Phi) is 4.01. The summed E-state index contributed by atoms with van der Waals surface area (Å²) >= 11 is 0. The molecule has 1 spiro atoms. The first-order valence-electron chi connectivity index (χ1n) is 8.99. The Hall–Kier alpha value is -2.29. The van der Waals surface area contributed by atoms with E-state index in [4.69, 9.17) is 4.99 Å². The number of aliphatic imine (C=N–C) groups is 1. The number of nitrogens with one attached hydrogen (secondary N) is 2. The van der Waals surface area contributed by atoms with Gasteiger partial charge in [-0.1, -0.05) is 49.4 Å². The number of hydrogen-bond acceptors (Lipinski definition) is 3. The van der Waals surface area contributed by atoms with Gasteiger partial charge < -0.3 is 10.6 Å². The summed E-state index contributed by atoms with van der Waals surface area (Å²) in [7, 11) is 0. The molecule has 1 aliphatic carbocycles. The molecule has 0 saturated heterocycles. The summed E-state index contributed by atoms with van der Waals surface area (Å²) in [5.74, 6) is 1.92. The largest absolute Gasteiger partial charge is 0.371 e. The van der Waals surface area contributed by atoms with Gasteiger partial charge in [0.15, 0.2) is 0 Å². The fourth-order valence-electron chi connectivity index (χ4n) is 3.83. The van der Waals surface area contributed by atoms with E-state index in [2.05, 4.69) is 72.2 Å². The smallest absolute Gasteiger partial charge is 0.128 e. The molecule has 1 saturated carbocycles. The molecule has 3 heteroatoms. The molecule has 24 heavy (non-hydrogen) atoms. The number of rotatable bonds is 2. The van der Waals surface area contributed by atoms with E-state index in [1.54, 1.807) is 0 Å². The Morgan fingerprint density at radius 2 is 1.75 bits per heavy atom. The summed E-state index contributed by atoms with van der Waals surface area (Å²) in [6, 6.07) is 18.9. The third kappa shape index (κ3) is 2.91. The van der Waals surface area contributed by atoms with Crippen LogP contribution in [0.3, 0.4) is 0 Å². The molecule has 124 valence electrons. The van der Waals surface area contributed by atoms with Crippen LogP contribution in [0.15, 0.2) is 59.6 Å². The minimum absolute atomic E-state index is 0.0321. The van der Waals surface area contributed by atoms with Crippen molar-refractivity contribution in [3.63, 3.8) is 0 Å². The number of para-hydroxylation sites is 2. The van der Waals surface area contributed by atoms with E-state index in [1.807, 2.05) is 0 Å². The summed E-state index contributed by atoms with van der Waals surface area (Å²) in [5, 5.41) is 7.47. The molecule has 0 aromatic heterocycles. The second kappa shape index (κ2) is 6.31. The Morgan fingerprint density at radius 3 is 2.54 bits per heavy atom. The minimum atomic E-state index is -0.0321. The van der Waals surface area contributed by atoms with Crippen molar-refractivity contribution in [1.29, 1.82) is 0 Å². The van der Waals surface area contributed by atoms with Crippen LogP contribution < -0.4 is 10.6 Å². The molecule has 1 fully saturated rings. The fraction of sp³-hybridized carbons (Fsp3) is 0.381. The molecule has 2 N–H and O–H groups in total. The van der Waals surface area contributed by atoms with E-state index in [1.165, 1.54) is 18.4 Å². The highest BCUT2D eigenvalue weighted by Crippen LogP contribution is 2.41. The Labute approximate surface area is 144 Å². The average molecular weight is 319 g/mol. The molecule has 0 atom stereocenters. The van der Waals surface area contributed by atoms with Gasteiger partial charge in [0.1, 0.15) is 5.84 Å². The molecule has 3 nitrogen and oxygen atoms in total. The lowest BCUT2D eigenvalue weighted by atomic mass is 9.75. The van der Waals surface area contributed by atoms with E-state index in [9.17, 15) is 0 Å². The second-order valence-corrected chi connectivity index (χ2v) is 7.21. The zero-order valence-corrected chi connectivity index (χ0v) is 14.3. The lowest BCUT2D eigenvalue weighted by Crippen LogP contribution is -2.55. The van der Waals surface area contributed by atoms with Crippen molar-refractivity contribution < 1.29 is 0 Å². The summed E-state index contributed by atoms with van der Waals surface area (Å²) in [6.45, 7) is 3.18. The zero-order valence-electron chi connectivity index (χ0n) is 14.3. The van der Waals surface area contributed by atoms with E-state index in [0.717, 1.165) is 42.5 Å². The van der Waals surface area contributed by atoms with Crippen LogP contribution in [0.1, 0.15) is 38.2 Å². The monoisotopic (exact) mass is 319 g/mol. The SMILES string of the molecule is CC1CCC2(CC1)Nc1ccccc1N=C2NCc1ccccc1. The predicted octanol–water partition coefficient (Wildman–Crippen LogP) is 4.88. The molecule has 1 aliphatic heterocycles. The Morgan fingerprint density at radius 1 is 1.04 bits per heavy atom. The van der Waals surface area contributed by atoms with Gasteiger partial charge in [0.2, 0.25) is 0 Å². The van der Waals surface area contributed by atoms with Crippen LogP contribution in [0.25, 0.3) is 0 Å². The topological polar surface area (TPSA) is 36.4 Å². The highest BCUT2D eigenvalue weighted by Gasteiger charge is 2.41. The number of benzene rings is 2. The summed E-state index contributed by atoms with van der Waals surface area (Å²) in [5.41, 5.74) is 3.46. The van der Waals surface area contributed by atoms with Gasteiger partial charge in [0.05, 0.1) is 16.9 Å². The fourth-order valence-corrected chi connectivity index (χ4v) is 3.83. The van der Waals surface area contributed by atoms with E-state index >= 15 is 0 Å². The van der Waals surface area contributed by atoms with Crippen LogP contribution >= 0.6 is 0 Å². The zero-order chi connectivity index (χ0) is 16.4. The number of anilines is 1. The summed E-state index contributed by atoms with van der Waals surface area (Å²) in [6.07, 6.45) is 4.79. The maximum absolute atomic E-state index is 5.01. The van der Waals surface area contributed by atoms with Crippen molar-refractivity contribution in [3.05, 3.63) is 60.2 Å². The van der Waals surface area contributed by atoms with Gasteiger partial charge in [-0.2, -0.15) is 0 Å². The summed E-state index contributed by atoms with van der Waals surface area (Å²) in [4.78, 5) is 5.01. The third-order valence-electron chi connectivity index (χ3n) is 5.39. The van der Waals surface area contributed by atoms with E-state index in [-0.39, 0.29) is 5.54 Å². The molecule has 0 amide bonds. The molecule has 4 rings (SSSR count). The van der Waals surface area contributed by atoms with Gasteiger partial charge in [-0.05, 0) is 49.3 Å². The minimum Gasteiger partial charge on any atom is -0.371 e. The van der Waals surface area contributed by atoms with Crippen LogP contribution in [-0.4, -0.2) is 11.4 Å². The third-order valence-corrected chi connectivity index (χ3v) is 5.39. The quantitative estimate of drug-likeness (QED) is 0.827. The number of amidine groups is 1. The van der Waals surface area contributed by atoms with Crippen molar-refractivity contribution in [2.75, 3.05) is 5.32 Å². The van der Waals surface area contributed by atoms with Gasteiger partial charge >= 0.3 is 0 Å². The standard InChI is InChI=1S/C21H25N3/c1-16-11-13-21(14-12-16)20(22-15-17-7-3-2-4-8-17)23-18-9-5-6-10-19(18)24-21/h2-10,16,24H,11-15H2,1H3,(H,22,23). The first-order chi connectivity index (χ1) is 11.8. The lowest BCUT2D eigenvalue weighted by molar-refractivity contribution is 0.318. The second-order valence-electron chi connectivity index (χ2n) is 7.21. The van der Waals surface area contributed by atoms with Crippen LogP contribution in [0.4, 0.5) is 11.4 Å². The maximum Gasteiger partial charge on any atom is 0.128 e. The van der Waals surface area contributed by atoms with Crippen molar-refractivity contribution in [2.24, 2.45) is 10.9 Å². The first kappa shape index (κ1) is 15.3. The number of hydrogen-bond donors (Lipinski definition) is 2. The average Bonchev–Trinajstić information content (AvgIpc) is 2.63. The van der Waals surface area contributed by atoms with Crippen LogP contribution in [0.2, 0.25) is 0 Å². The molecule has 0 unspecified atom stereocenters. The molecular formula is C21H25N3. The van der Waals surface area contributed by atoms with Gasteiger partial charge in [-0.3, -0.25) is 0 Å². The van der Waals surface area contributed by atoms with Crippen molar-refractivity contribution >= 4 is 17.2 Å². The maximum atomic E-state index is 5.01. The van der Waals surface area contributed by atoms with E-state index in [0.29, 0.717) is 0 Å². The summed E-state index contributed by atoms with van der Waals surface area (Å²) < 4.78 is 0. The van der Waals surface area contributed by atoms with Crippen LogP contribution in [-0.2, 0) is 6.54 Å². The van der Waals surface area contributed by atoms with Crippen molar-refractivity contribution in [3.8, 4) is 0 Å². The van der Waals surface area contributed by atoms with Crippen LogP contribution in [0.5, 0.6) is 0 Å². The molecule has 2 aromatic carbocycles. The molecule has 0 bridgehead atoms. The Bertz CT molecular complexity index is 728. The van der Waals surface area contributed by atoms with Crippen LogP contribution in [0, 0.1) is 5.92 Å². The number of nitrogens with zero attached hydrogens (tertiary/aromatic N) is 1. The van der Waals surface area contributed by atoms with Gasteiger partial charge in [0.25, 0.3) is 0 Å². The van der Waals surface area contributed by atoms with Gasteiger partial charge in [-0.15, -0.1) is 0 Å². The molecule has 2 aliphatic rings. The highest BCUT2D eigenvalue weighted by molar-refractivity contribution is 6.00. The van der Waals surface area contributed by atoms with Crippen molar-refractivity contribution in [1.82, 2.24) is 5.32 Å². The molecule has 0 radical (unpaired) electrons. The molecule has 1 heterocycles. The molecule has 2 aromatic rings. The van der Waals surface area contributed by atoms with E-state index < -0.39 is 0 Å². The van der Waals surface area contributed by atoms with Crippen molar-refractivity contribution in [2.45, 2.75) is 44.7 Å². The van der Waals surface area contributed by atoms with Gasteiger partial charge in [-0.25, -0.2) is 4.99 Å². The number of fused-ring (bicyclic) bond motifs is 1. The molecular weight excluding hydrogens is 294 g/mol. The Balaban J connectivity index is 1.63. The highest BCUT2D eigenvalue weighted by atomic mass is 15.2. The predicted molar refractivity (Wildman–Crippen MR) is 101 cm³/mol.